The van der Waals surface area contributed by atoms with Crippen molar-refractivity contribution >= 4 is 0 Å². The average molecular weight is 210 g/mol. The molecule has 0 atom stereocenters. The van der Waals surface area contributed by atoms with Gasteiger partial charge >= 0.3 is 0 Å². The Hall–Kier alpha value is -1.13. The number of hydrogen-bond acceptors (Lipinski definition) is 4. The molecule has 0 aromatic carbocycles. The number of nitrogens with two attached hydrogens (primary N) is 1. The zero-order chi connectivity index (χ0) is 11.1. The Morgan fingerprint density at radius 1 is 1.33 bits per heavy atom. The smallest absolute Gasteiger partial charge is 0.142 e. The summed E-state index contributed by atoms with van der Waals surface area (Å²) in [5.74, 6) is 0.753. The lowest BCUT2D eigenvalue weighted by Crippen LogP contribution is -2.10. The maximum absolute atomic E-state index is 5.58. The highest BCUT2D eigenvalue weighted by Crippen LogP contribution is 2.15. The fraction of sp³-hybridized carbons (Fsp3) is 0.545. The van der Waals surface area contributed by atoms with Crippen LogP contribution in [0.5, 0.6) is 5.75 Å². The topological polar surface area (TPSA) is 57.4 Å². The van der Waals surface area contributed by atoms with Crippen LogP contribution in [0.25, 0.3) is 0 Å². The summed E-state index contributed by atoms with van der Waals surface area (Å²) >= 11 is 0. The summed E-state index contributed by atoms with van der Waals surface area (Å²) in [6.45, 7) is 6.12. The van der Waals surface area contributed by atoms with Crippen LogP contribution in [0.2, 0.25) is 0 Å². The number of nitrogens with zero attached hydrogens (tertiary/aromatic N) is 1. The van der Waals surface area contributed by atoms with Crippen molar-refractivity contribution in [2.75, 3.05) is 19.8 Å². The van der Waals surface area contributed by atoms with Crippen LogP contribution in [-0.2, 0) is 11.3 Å². The third-order valence-electron chi connectivity index (χ3n) is 1.95. The zero-order valence-corrected chi connectivity index (χ0v) is 9.32. The maximum Gasteiger partial charge on any atom is 0.142 e. The average Bonchev–Trinajstić information content (AvgIpc) is 2.26. The second-order valence-electron chi connectivity index (χ2n) is 3.15. The molecule has 0 amide bonds. The van der Waals surface area contributed by atoms with E-state index in [1.54, 1.807) is 0 Å². The van der Waals surface area contributed by atoms with Gasteiger partial charge in [0.15, 0.2) is 0 Å². The van der Waals surface area contributed by atoms with Gasteiger partial charge in [0.1, 0.15) is 12.4 Å². The fourth-order valence-corrected chi connectivity index (χ4v) is 1.23. The minimum Gasteiger partial charge on any atom is -0.489 e. The van der Waals surface area contributed by atoms with Crippen LogP contribution in [0, 0.1) is 6.92 Å². The molecule has 0 aliphatic rings. The van der Waals surface area contributed by atoms with Gasteiger partial charge in [0.05, 0.1) is 12.3 Å². The number of pyridine rings is 1. The molecule has 15 heavy (non-hydrogen) atoms. The van der Waals surface area contributed by atoms with Crippen molar-refractivity contribution in [2.45, 2.75) is 20.4 Å². The Labute approximate surface area is 90.4 Å². The van der Waals surface area contributed by atoms with E-state index in [9.17, 15) is 0 Å². The number of hydrogen-bond donors (Lipinski definition) is 1. The second-order valence-corrected chi connectivity index (χ2v) is 3.15. The van der Waals surface area contributed by atoms with E-state index in [-0.39, 0.29) is 0 Å². The Morgan fingerprint density at radius 3 is 2.80 bits per heavy atom. The van der Waals surface area contributed by atoms with E-state index in [1.807, 2.05) is 26.0 Å². The Balaban J connectivity index is 2.52. The summed E-state index contributed by atoms with van der Waals surface area (Å²) in [6, 6.07) is 3.81. The molecule has 0 saturated heterocycles. The minimum absolute atomic E-state index is 0.394. The van der Waals surface area contributed by atoms with Crippen LogP contribution in [0.4, 0.5) is 0 Å². The van der Waals surface area contributed by atoms with Crippen LogP contribution >= 0.6 is 0 Å². The van der Waals surface area contributed by atoms with Crippen molar-refractivity contribution in [1.82, 2.24) is 4.98 Å². The van der Waals surface area contributed by atoms with Gasteiger partial charge in [0, 0.05) is 18.8 Å². The van der Waals surface area contributed by atoms with Crippen molar-refractivity contribution in [3.63, 3.8) is 0 Å². The van der Waals surface area contributed by atoms with Gasteiger partial charge in [-0.25, -0.2) is 0 Å². The van der Waals surface area contributed by atoms with Crippen molar-refractivity contribution in [2.24, 2.45) is 5.73 Å². The van der Waals surface area contributed by atoms with Crippen molar-refractivity contribution < 1.29 is 9.47 Å². The summed E-state index contributed by atoms with van der Waals surface area (Å²) in [7, 11) is 0. The molecular weight excluding hydrogens is 192 g/mol. The van der Waals surface area contributed by atoms with E-state index >= 15 is 0 Å². The monoisotopic (exact) mass is 210 g/mol. The van der Waals surface area contributed by atoms with Gasteiger partial charge in [0.25, 0.3) is 0 Å². The van der Waals surface area contributed by atoms with Gasteiger partial charge in [0.2, 0.25) is 0 Å². The van der Waals surface area contributed by atoms with Crippen molar-refractivity contribution in [3.8, 4) is 5.75 Å². The number of aryl methyl sites for hydroxylation is 1. The highest BCUT2D eigenvalue weighted by molar-refractivity contribution is 5.29. The Kier molecular flexibility index (Phi) is 5.07. The van der Waals surface area contributed by atoms with Crippen LogP contribution in [0.15, 0.2) is 12.1 Å². The molecule has 4 nitrogen and oxygen atoms in total. The lowest BCUT2D eigenvalue weighted by molar-refractivity contribution is 0.109. The maximum atomic E-state index is 5.58. The molecule has 0 saturated carbocycles. The van der Waals surface area contributed by atoms with Crippen molar-refractivity contribution in [1.29, 1.82) is 0 Å². The third-order valence-corrected chi connectivity index (χ3v) is 1.95. The molecule has 1 rings (SSSR count). The summed E-state index contributed by atoms with van der Waals surface area (Å²) < 4.78 is 10.7. The molecule has 0 aliphatic heterocycles. The number of aromatic nitrogens is 1. The standard InChI is InChI=1S/C11H18N2O2/c1-3-14-6-7-15-11-5-4-9(2)13-10(11)8-12/h4-5H,3,6-8,12H2,1-2H3. The van der Waals surface area contributed by atoms with Gasteiger partial charge in [-0.15, -0.1) is 0 Å². The van der Waals surface area contributed by atoms with E-state index < -0.39 is 0 Å². The molecule has 0 fully saturated rings. The first kappa shape index (κ1) is 11.9. The predicted molar refractivity (Wildman–Crippen MR) is 58.9 cm³/mol. The van der Waals surface area contributed by atoms with Crippen LogP contribution < -0.4 is 10.5 Å². The second kappa shape index (κ2) is 6.37. The summed E-state index contributed by atoms with van der Waals surface area (Å²) in [5.41, 5.74) is 7.33. The molecule has 0 radical (unpaired) electrons. The number of ether oxygens (including phenoxy) is 2. The summed E-state index contributed by atoms with van der Waals surface area (Å²) in [6.07, 6.45) is 0. The van der Waals surface area contributed by atoms with E-state index in [2.05, 4.69) is 4.98 Å². The molecule has 1 aromatic rings. The first-order valence-corrected chi connectivity index (χ1v) is 5.15. The summed E-state index contributed by atoms with van der Waals surface area (Å²) in [4.78, 5) is 4.30. The van der Waals surface area contributed by atoms with Crippen molar-refractivity contribution in [3.05, 3.63) is 23.5 Å². The Morgan fingerprint density at radius 2 is 2.13 bits per heavy atom. The quantitative estimate of drug-likeness (QED) is 0.718. The molecule has 1 heterocycles. The van der Waals surface area contributed by atoms with Gasteiger partial charge in [-0.3, -0.25) is 4.98 Å². The zero-order valence-electron chi connectivity index (χ0n) is 9.32. The van der Waals surface area contributed by atoms with Gasteiger partial charge in [-0.2, -0.15) is 0 Å². The van der Waals surface area contributed by atoms with Crippen LogP contribution in [0.1, 0.15) is 18.3 Å². The lowest BCUT2D eigenvalue weighted by atomic mass is 10.3. The van der Waals surface area contributed by atoms with Gasteiger partial charge in [-0.05, 0) is 26.0 Å². The fourth-order valence-electron chi connectivity index (χ4n) is 1.23. The van der Waals surface area contributed by atoms with Crippen LogP contribution in [-0.4, -0.2) is 24.8 Å². The number of rotatable bonds is 6. The molecule has 1 aromatic heterocycles. The van der Waals surface area contributed by atoms with E-state index in [0.717, 1.165) is 17.1 Å². The first-order valence-electron chi connectivity index (χ1n) is 5.15. The lowest BCUT2D eigenvalue weighted by Gasteiger charge is -2.10. The van der Waals surface area contributed by atoms with Gasteiger partial charge in [-0.1, -0.05) is 0 Å². The predicted octanol–water partition coefficient (Wildman–Crippen LogP) is 1.26. The molecule has 0 bridgehead atoms. The molecule has 84 valence electrons. The Bertz CT molecular complexity index is 303. The van der Waals surface area contributed by atoms with E-state index in [4.69, 9.17) is 15.2 Å². The molecule has 4 heteroatoms. The molecule has 0 aliphatic carbocycles. The van der Waals surface area contributed by atoms with Gasteiger partial charge < -0.3 is 15.2 Å². The normalized spacial score (nSPS) is 10.3. The van der Waals surface area contributed by atoms with E-state index in [0.29, 0.717) is 26.4 Å². The molecule has 0 spiro atoms. The molecule has 0 unspecified atom stereocenters. The first-order chi connectivity index (χ1) is 7.27. The van der Waals surface area contributed by atoms with Crippen LogP contribution in [0.3, 0.4) is 0 Å². The highest BCUT2D eigenvalue weighted by Gasteiger charge is 2.03. The summed E-state index contributed by atoms with van der Waals surface area (Å²) in [5, 5.41) is 0. The largest absolute Gasteiger partial charge is 0.489 e. The molecule has 2 N–H and O–H groups in total. The molecular formula is C11H18N2O2. The third kappa shape index (κ3) is 3.85. The minimum atomic E-state index is 0.394. The van der Waals surface area contributed by atoms with E-state index in [1.165, 1.54) is 0 Å². The SMILES string of the molecule is CCOCCOc1ccc(C)nc1CN. The highest BCUT2D eigenvalue weighted by atomic mass is 16.5.